The molecular weight excluding hydrogens is 292 g/mol. The van der Waals surface area contributed by atoms with Crippen molar-refractivity contribution in [2.24, 2.45) is 24.8 Å². The predicted molar refractivity (Wildman–Crippen MR) is 84.6 cm³/mol. The van der Waals surface area contributed by atoms with E-state index in [4.69, 9.17) is 4.74 Å². The van der Waals surface area contributed by atoms with E-state index >= 15 is 0 Å². The zero-order chi connectivity index (χ0) is 16.0. The lowest BCUT2D eigenvalue weighted by molar-refractivity contribution is -0.144. The lowest BCUT2D eigenvalue weighted by atomic mass is 9.75. The molecule has 4 rings (SSSR count). The number of aryl methyl sites for hydroxylation is 1. The molecule has 23 heavy (non-hydrogen) atoms. The molecule has 1 atom stereocenters. The first-order valence-electron chi connectivity index (χ1n) is 8.90. The molecule has 2 heterocycles. The molecule has 0 N–H and O–H groups in total. The fraction of sp³-hybridized carbons (Fsp3) is 0.824. The molecule has 1 aromatic heterocycles. The Kier molecular flexibility index (Phi) is 3.87. The minimum absolute atomic E-state index is 0.0605. The Morgan fingerprint density at radius 1 is 1.30 bits per heavy atom. The first-order chi connectivity index (χ1) is 11.1. The molecular formula is C17H26N4O2. The highest BCUT2D eigenvalue weighted by molar-refractivity contribution is 5.80. The predicted octanol–water partition coefficient (Wildman–Crippen LogP) is 1.71. The Labute approximate surface area is 137 Å². The van der Waals surface area contributed by atoms with Crippen molar-refractivity contribution in [2.75, 3.05) is 19.8 Å². The molecule has 2 aliphatic carbocycles. The van der Waals surface area contributed by atoms with E-state index in [1.54, 1.807) is 0 Å². The van der Waals surface area contributed by atoms with Crippen molar-refractivity contribution in [2.45, 2.75) is 45.1 Å². The number of hydrogen-bond acceptors (Lipinski definition) is 4. The number of nitrogens with zero attached hydrogens (tertiary/aromatic N) is 4. The van der Waals surface area contributed by atoms with E-state index in [0.717, 1.165) is 49.7 Å². The summed E-state index contributed by atoms with van der Waals surface area (Å²) in [5.41, 5.74) is 2.09. The summed E-state index contributed by atoms with van der Waals surface area (Å²) in [6, 6.07) is -0.0605. The van der Waals surface area contributed by atoms with Crippen molar-refractivity contribution >= 4 is 5.91 Å². The standard InChI is InChI=1S/C17H26N4O2/c1-11-7-13(8-11)17(22)21-6-5-14-16(18-19-20(14)2)15(21)10-23-9-12-3-4-12/h11-13,15H,3-10H2,1-2H3. The molecule has 1 aromatic rings. The van der Waals surface area contributed by atoms with E-state index in [1.165, 1.54) is 12.8 Å². The summed E-state index contributed by atoms with van der Waals surface area (Å²) >= 11 is 0. The number of amides is 1. The molecule has 0 aromatic carbocycles. The third-order valence-corrected chi connectivity index (χ3v) is 5.59. The van der Waals surface area contributed by atoms with Crippen LogP contribution < -0.4 is 0 Å². The van der Waals surface area contributed by atoms with Crippen LogP contribution in [0.25, 0.3) is 0 Å². The van der Waals surface area contributed by atoms with Gasteiger partial charge in [-0.2, -0.15) is 0 Å². The summed E-state index contributed by atoms with van der Waals surface area (Å²) in [6.07, 6.45) is 5.45. The minimum Gasteiger partial charge on any atom is -0.379 e. The third kappa shape index (κ3) is 2.89. The summed E-state index contributed by atoms with van der Waals surface area (Å²) in [5, 5.41) is 8.50. The fourth-order valence-electron chi connectivity index (χ4n) is 3.87. The zero-order valence-electron chi connectivity index (χ0n) is 14.1. The molecule has 0 bridgehead atoms. The highest BCUT2D eigenvalue weighted by Gasteiger charge is 2.40. The SMILES string of the molecule is CC1CC(C(=O)N2CCc3c(nnn3C)C2COCC2CC2)C1. The average molecular weight is 318 g/mol. The van der Waals surface area contributed by atoms with Gasteiger partial charge in [0, 0.05) is 32.5 Å². The average Bonchev–Trinajstić information content (AvgIpc) is 3.26. The first kappa shape index (κ1) is 15.1. The van der Waals surface area contributed by atoms with Crippen molar-refractivity contribution < 1.29 is 9.53 Å². The van der Waals surface area contributed by atoms with Crippen molar-refractivity contribution in [1.82, 2.24) is 19.9 Å². The van der Waals surface area contributed by atoms with E-state index in [1.807, 2.05) is 16.6 Å². The van der Waals surface area contributed by atoms with Gasteiger partial charge in [-0.25, -0.2) is 0 Å². The normalized spacial score (nSPS) is 30.0. The van der Waals surface area contributed by atoms with Crippen molar-refractivity contribution in [3.63, 3.8) is 0 Å². The number of fused-ring (bicyclic) bond motifs is 1. The Morgan fingerprint density at radius 3 is 2.78 bits per heavy atom. The fourth-order valence-corrected chi connectivity index (χ4v) is 3.87. The molecule has 6 heteroatoms. The maximum atomic E-state index is 12.9. The highest BCUT2D eigenvalue weighted by Crippen LogP contribution is 2.38. The largest absolute Gasteiger partial charge is 0.379 e. The van der Waals surface area contributed by atoms with E-state index in [9.17, 15) is 4.79 Å². The summed E-state index contributed by atoms with van der Waals surface area (Å²) in [6.45, 7) is 4.34. The number of aromatic nitrogens is 3. The van der Waals surface area contributed by atoms with E-state index in [0.29, 0.717) is 18.4 Å². The molecule has 6 nitrogen and oxygen atoms in total. The Balaban J connectivity index is 1.50. The van der Waals surface area contributed by atoms with E-state index in [2.05, 4.69) is 17.2 Å². The molecule has 1 aliphatic heterocycles. The summed E-state index contributed by atoms with van der Waals surface area (Å²) in [4.78, 5) is 14.9. The van der Waals surface area contributed by atoms with Crippen LogP contribution in [0.1, 0.15) is 50.0 Å². The second-order valence-corrected chi connectivity index (χ2v) is 7.60. The van der Waals surface area contributed by atoms with Crippen molar-refractivity contribution in [3.8, 4) is 0 Å². The molecule has 0 radical (unpaired) electrons. The Hall–Kier alpha value is -1.43. The third-order valence-electron chi connectivity index (χ3n) is 5.59. The lowest BCUT2D eigenvalue weighted by Crippen LogP contribution is -2.47. The summed E-state index contributed by atoms with van der Waals surface area (Å²) in [7, 11) is 1.93. The van der Waals surface area contributed by atoms with Gasteiger partial charge in [-0.15, -0.1) is 5.10 Å². The van der Waals surface area contributed by atoms with Crippen molar-refractivity contribution in [3.05, 3.63) is 11.4 Å². The van der Waals surface area contributed by atoms with Crippen LogP contribution in [0.2, 0.25) is 0 Å². The van der Waals surface area contributed by atoms with Gasteiger partial charge in [0.15, 0.2) is 0 Å². The number of carbonyl (C=O) groups is 1. The quantitative estimate of drug-likeness (QED) is 0.829. The molecule has 2 fully saturated rings. The van der Waals surface area contributed by atoms with E-state index in [-0.39, 0.29) is 12.0 Å². The second-order valence-electron chi connectivity index (χ2n) is 7.60. The van der Waals surface area contributed by atoms with Gasteiger partial charge in [-0.1, -0.05) is 12.1 Å². The van der Waals surface area contributed by atoms with Crippen LogP contribution in [-0.2, 0) is 23.0 Å². The van der Waals surface area contributed by atoms with Crippen LogP contribution >= 0.6 is 0 Å². The van der Waals surface area contributed by atoms with Crippen LogP contribution in [0.15, 0.2) is 0 Å². The Morgan fingerprint density at radius 2 is 2.09 bits per heavy atom. The van der Waals surface area contributed by atoms with Crippen LogP contribution in [0, 0.1) is 17.8 Å². The molecule has 0 saturated heterocycles. The van der Waals surface area contributed by atoms with Gasteiger partial charge in [0.25, 0.3) is 0 Å². The number of hydrogen-bond donors (Lipinski definition) is 0. The maximum Gasteiger partial charge on any atom is 0.226 e. The van der Waals surface area contributed by atoms with Crippen molar-refractivity contribution in [1.29, 1.82) is 0 Å². The molecule has 1 unspecified atom stereocenters. The van der Waals surface area contributed by atoms with Gasteiger partial charge in [0.1, 0.15) is 11.7 Å². The highest BCUT2D eigenvalue weighted by atomic mass is 16.5. The van der Waals surface area contributed by atoms with Gasteiger partial charge in [-0.3, -0.25) is 9.48 Å². The van der Waals surface area contributed by atoms with Gasteiger partial charge in [0.2, 0.25) is 5.91 Å². The van der Waals surface area contributed by atoms with Gasteiger partial charge in [0.05, 0.1) is 12.3 Å². The number of ether oxygens (including phenoxy) is 1. The number of carbonyl (C=O) groups excluding carboxylic acids is 1. The molecule has 2 saturated carbocycles. The van der Waals surface area contributed by atoms with Crippen LogP contribution in [0.5, 0.6) is 0 Å². The summed E-state index contributed by atoms with van der Waals surface area (Å²) in [5.74, 6) is 1.91. The monoisotopic (exact) mass is 318 g/mol. The minimum atomic E-state index is -0.0605. The van der Waals surface area contributed by atoms with Crippen LogP contribution in [0.3, 0.4) is 0 Å². The molecule has 126 valence electrons. The first-order valence-corrected chi connectivity index (χ1v) is 8.90. The van der Waals surface area contributed by atoms with E-state index < -0.39 is 0 Å². The van der Waals surface area contributed by atoms with Gasteiger partial charge < -0.3 is 9.64 Å². The summed E-state index contributed by atoms with van der Waals surface area (Å²) < 4.78 is 7.77. The maximum absolute atomic E-state index is 12.9. The smallest absolute Gasteiger partial charge is 0.226 e. The zero-order valence-corrected chi connectivity index (χ0v) is 14.1. The number of rotatable bonds is 5. The molecule has 3 aliphatic rings. The van der Waals surface area contributed by atoms with Crippen LogP contribution in [0.4, 0.5) is 0 Å². The Bertz CT molecular complexity index is 589. The molecule has 0 spiro atoms. The second kappa shape index (κ2) is 5.89. The topological polar surface area (TPSA) is 60.2 Å². The van der Waals surface area contributed by atoms with Gasteiger partial charge in [-0.05, 0) is 37.5 Å². The molecule has 1 amide bonds. The van der Waals surface area contributed by atoms with Crippen LogP contribution in [-0.4, -0.2) is 45.6 Å². The van der Waals surface area contributed by atoms with Gasteiger partial charge >= 0.3 is 0 Å². The lowest BCUT2D eigenvalue weighted by Gasteiger charge is -2.40.